The predicted molar refractivity (Wildman–Crippen MR) is 80.3 cm³/mol. The van der Waals surface area contributed by atoms with Crippen LogP contribution in [0.4, 0.5) is 5.69 Å². The van der Waals surface area contributed by atoms with Crippen LogP contribution in [-0.4, -0.2) is 21.0 Å². The molecule has 0 bridgehead atoms. The number of para-hydroxylation sites is 1. The molecule has 0 aliphatic carbocycles. The number of aryl methyl sites for hydroxylation is 1. The summed E-state index contributed by atoms with van der Waals surface area (Å²) >= 11 is 0. The number of aromatic nitrogens is 2. The summed E-state index contributed by atoms with van der Waals surface area (Å²) in [7, 11) is 0. The van der Waals surface area contributed by atoms with Crippen LogP contribution in [0.2, 0.25) is 0 Å². The van der Waals surface area contributed by atoms with E-state index in [0.29, 0.717) is 11.3 Å². The summed E-state index contributed by atoms with van der Waals surface area (Å²) in [5.41, 5.74) is 2.53. The van der Waals surface area contributed by atoms with Gasteiger partial charge in [-0.2, -0.15) is 0 Å². The van der Waals surface area contributed by atoms with Gasteiger partial charge in [0, 0.05) is 17.3 Å². The molecule has 0 aliphatic heterocycles. The zero-order valence-corrected chi connectivity index (χ0v) is 11.4. The second kappa shape index (κ2) is 5.20. The van der Waals surface area contributed by atoms with E-state index < -0.39 is 0 Å². The number of nitrogens with zero attached hydrogens (tertiary/aromatic N) is 2. The monoisotopic (exact) mass is 279 g/mol. The van der Waals surface area contributed by atoms with Crippen LogP contribution >= 0.6 is 0 Å². The number of amides is 1. The minimum absolute atomic E-state index is 0.0467. The maximum atomic E-state index is 12.2. The first-order valence-electron chi connectivity index (χ1n) is 6.45. The molecule has 0 saturated carbocycles. The van der Waals surface area contributed by atoms with Crippen molar-refractivity contribution in [3.63, 3.8) is 0 Å². The molecule has 5 heteroatoms. The molecule has 1 aromatic carbocycles. The van der Waals surface area contributed by atoms with Crippen LogP contribution in [0.1, 0.15) is 16.1 Å². The molecular formula is C16H13N3O2. The maximum Gasteiger partial charge on any atom is 0.257 e. The largest absolute Gasteiger partial charge is 0.506 e. The first-order valence-corrected chi connectivity index (χ1v) is 6.45. The number of carbonyl (C=O) groups excluding carboxylic acids is 1. The lowest BCUT2D eigenvalue weighted by atomic mass is 10.1. The molecule has 2 aromatic heterocycles. The van der Waals surface area contributed by atoms with Crippen LogP contribution in [0.25, 0.3) is 10.9 Å². The average Bonchev–Trinajstić information content (AvgIpc) is 2.48. The van der Waals surface area contributed by atoms with Crippen LogP contribution in [0.15, 0.2) is 48.8 Å². The highest BCUT2D eigenvalue weighted by atomic mass is 16.3. The Balaban J connectivity index is 1.98. The zero-order valence-electron chi connectivity index (χ0n) is 11.4. The van der Waals surface area contributed by atoms with E-state index in [1.54, 1.807) is 6.07 Å². The van der Waals surface area contributed by atoms with E-state index >= 15 is 0 Å². The highest BCUT2D eigenvalue weighted by Gasteiger charge is 2.10. The molecule has 104 valence electrons. The molecule has 1 amide bonds. The smallest absolute Gasteiger partial charge is 0.257 e. The van der Waals surface area contributed by atoms with Crippen molar-refractivity contribution in [2.75, 3.05) is 5.32 Å². The second-order valence-corrected chi connectivity index (χ2v) is 4.72. The fourth-order valence-corrected chi connectivity index (χ4v) is 2.09. The average molecular weight is 279 g/mol. The Morgan fingerprint density at radius 3 is 2.86 bits per heavy atom. The first-order chi connectivity index (χ1) is 10.1. The lowest BCUT2D eigenvalue weighted by Crippen LogP contribution is -2.12. The zero-order chi connectivity index (χ0) is 14.8. The number of hydrogen-bond donors (Lipinski definition) is 2. The minimum atomic E-state index is -0.339. The van der Waals surface area contributed by atoms with E-state index in [4.69, 9.17) is 0 Å². The van der Waals surface area contributed by atoms with Gasteiger partial charge in [0.15, 0.2) is 0 Å². The Labute approximate surface area is 121 Å². The number of fused-ring (bicyclic) bond motifs is 1. The van der Waals surface area contributed by atoms with Gasteiger partial charge in [-0.05, 0) is 25.1 Å². The lowest BCUT2D eigenvalue weighted by molar-refractivity contribution is 0.102. The molecule has 0 unspecified atom stereocenters. The molecule has 0 fully saturated rings. The Kier molecular flexibility index (Phi) is 3.23. The molecule has 0 atom stereocenters. The van der Waals surface area contributed by atoms with Gasteiger partial charge in [-0.15, -0.1) is 0 Å². The van der Waals surface area contributed by atoms with Gasteiger partial charge in [-0.1, -0.05) is 18.2 Å². The highest BCUT2D eigenvalue weighted by Crippen LogP contribution is 2.22. The summed E-state index contributed by atoms with van der Waals surface area (Å²) in [6.07, 6.45) is 2.68. The SMILES string of the molecule is Cc1ccc2cccc(NC(=O)c3cncc(O)c3)c2n1. The highest BCUT2D eigenvalue weighted by molar-refractivity contribution is 6.08. The topological polar surface area (TPSA) is 75.1 Å². The fourth-order valence-electron chi connectivity index (χ4n) is 2.09. The number of carbonyl (C=O) groups is 1. The number of aromatic hydroxyl groups is 1. The molecular weight excluding hydrogens is 266 g/mol. The number of hydrogen-bond acceptors (Lipinski definition) is 4. The third kappa shape index (κ3) is 2.67. The molecule has 21 heavy (non-hydrogen) atoms. The van der Waals surface area contributed by atoms with Gasteiger partial charge in [0.25, 0.3) is 5.91 Å². The number of rotatable bonds is 2. The molecule has 2 heterocycles. The van der Waals surface area contributed by atoms with Gasteiger partial charge in [0.2, 0.25) is 0 Å². The number of anilines is 1. The minimum Gasteiger partial charge on any atom is -0.506 e. The third-order valence-corrected chi connectivity index (χ3v) is 3.09. The van der Waals surface area contributed by atoms with E-state index in [2.05, 4.69) is 15.3 Å². The Morgan fingerprint density at radius 2 is 2.05 bits per heavy atom. The standard InChI is InChI=1S/C16H13N3O2/c1-10-5-6-11-3-2-4-14(15(11)18-10)19-16(21)12-7-13(20)9-17-8-12/h2-9,20H,1H3,(H,19,21). The fraction of sp³-hybridized carbons (Fsp3) is 0.0625. The first kappa shape index (κ1) is 13.1. The molecule has 2 N–H and O–H groups in total. The van der Waals surface area contributed by atoms with E-state index in [1.807, 2.05) is 31.2 Å². The number of nitrogens with one attached hydrogen (secondary N) is 1. The number of benzene rings is 1. The lowest BCUT2D eigenvalue weighted by Gasteiger charge is -2.08. The van der Waals surface area contributed by atoms with E-state index in [1.165, 1.54) is 18.5 Å². The second-order valence-electron chi connectivity index (χ2n) is 4.72. The van der Waals surface area contributed by atoms with E-state index in [-0.39, 0.29) is 11.7 Å². The summed E-state index contributed by atoms with van der Waals surface area (Å²) in [4.78, 5) is 20.5. The van der Waals surface area contributed by atoms with E-state index in [9.17, 15) is 9.90 Å². The van der Waals surface area contributed by atoms with Crippen molar-refractivity contribution >= 4 is 22.5 Å². The molecule has 3 rings (SSSR count). The van der Waals surface area contributed by atoms with Crippen molar-refractivity contribution in [2.24, 2.45) is 0 Å². The quantitative estimate of drug-likeness (QED) is 0.756. The van der Waals surface area contributed by atoms with Crippen molar-refractivity contribution in [1.29, 1.82) is 0 Å². The summed E-state index contributed by atoms with van der Waals surface area (Å²) in [5.74, 6) is -0.385. The van der Waals surface area contributed by atoms with Crippen LogP contribution in [-0.2, 0) is 0 Å². The van der Waals surface area contributed by atoms with E-state index in [0.717, 1.165) is 16.6 Å². The summed E-state index contributed by atoms with van der Waals surface area (Å²) in [6, 6.07) is 10.8. The molecule has 0 aliphatic rings. The molecule has 0 radical (unpaired) electrons. The maximum absolute atomic E-state index is 12.2. The molecule has 0 saturated heterocycles. The van der Waals surface area contributed by atoms with Gasteiger partial charge in [-0.3, -0.25) is 14.8 Å². The third-order valence-electron chi connectivity index (χ3n) is 3.09. The van der Waals surface area contributed by atoms with Gasteiger partial charge >= 0.3 is 0 Å². The van der Waals surface area contributed by atoms with Crippen molar-refractivity contribution in [2.45, 2.75) is 6.92 Å². The Morgan fingerprint density at radius 1 is 1.19 bits per heavy atom. The van der Waals surface area contributed by atoms with Crippen molar-refractivity contribution < 1.29 is 9.90 Å². The van der Waals surface area contributed by atoms with Gasteiger partial charge in [0.1, 0.15) is 5.75 Å². The Hall–Kier alpha value is -2.95. The summed E-state index contributed by atoms with van der Waals surface area (Å²) in [6.45, 7) is 1.90. The van der Waals surface area contributed by atoms with Crippen molar-refractivity contribution in [1.82, 2.24) is 9.97 Å². The molecule has 0 spiro atoms. The summed E-state index contributed by atoms with van der Waals surface area (Å²) < 4.78 is 0. The predicted octanol–water partition coefficient (Wildman–Crippen LogP) is 2.90. The van der Waals surface area contributed by atoms with Crippen LogP contribution in [0.5, 0.6) is 5.75 Å². The van der Waals surface area contributed by atoms with Gasteiger partial charge in [-0.25, -0.2) is 0 Å². The van der Waals surface area contributed by atoms with Gasteiger partial charge in [0.05, 0.1) is 23.0 Å². The molecule has 5 nitrogen and oxygen atoms in total. The van der Waals surface area contributed by atoms with Crippen LogP contribution < -0.4 is 5.32 Å². The van der Waals surface area contributed by atoms with Crippen LogP contribution in [0.3, 0.4) is 0 Å². The summed E-state index contributed by atoms with van der Waals surface area (Å²) in [5, 5.41) is 13.1. The number of pyridine rings is 2. The van der Waals surface area contributed by atoms with Crippen molar-refractivity contribution in [3.8, 4) is 5.75 Å². The Bertz CT molecular complexity index is 831. The van der Waals surface area contributed by atoms with Gasteiger partial charge < -0.3 is 10.4 Å². The van der Waals surface area contributed by atoms with Crippen LogP contribution in [0, 0.1) is 6.92 Å². The normalized spacial score (nSPS) is 10.5. The molecule has 3 aromatic rings. The van der Waals surface area contributed by atoms with Crippen molar-refractivity contribution in [3.05, 3.63) is 60.0 Å².